The van der Waals surface area contributed by atoms with Crippen LogP contribution >= 0.6 is 23.8 Å². The molecule has 2 rings (SSSR count). The summed E-state index contributed by atoms with van der Waals surface area (Å²) in [6.07, 6.45) is 0. The largest absolute Gasteiger partial charge is 0.497 e. The molecule has 2 aromatic carbocycles. The van der Waals surface area contributed by atoms with E-state index in [4.69, 9.17) is 28.6 Å². The number of hydrogen-bond donors (Lipinski definition) is 2. The van der Waals surface area contributed by atoms with Crippen LogP contribution in [0.25, 0.3) is 0 Å². The number of likely N-dealkylation sites (N-methyl/N-ethyl adjacent to an activating group) is 1. The fraction of sp³-hybridized carbons (Fsp3) is 0.278. The second kappa shape index (κ2) is 8.99. The lowest BCUT2D eigenvalue weighted by Gasteiger charge is -2.26. The molecule has 0 aliphatic heterocycles. The zero-order chi connectivity index (χ0) is 18.4. The van der Waals surface area contributed by atoms with Crippen molar-refractivity contribution in [3.8, 4) is 5.75 Å². The van der Waals surface area contributed by atoms with Gasteiger partial charge in [0.25, 0.3) is 0 Å². The summed E-state index contributed by atoms with van der Waals surface area (Å²) < 4.78 is 18.4. The highest BCUT2D eigenvalue weighted by molar-refractivity contribution is 7.80. The summed E-state index contributed by atoms with van der Waals surface area (Å²) in [5, 5.41) is 6.69. The van der Waals surface area contributed by atoms with Crippen LogP contribution in [0, 0.1) is 5.82 Å². The van der Waals surface area contributed by atoms with Crippen LogP contribution in [0.3, 0.4) is 0 Å². The predicted octanol–water partition coefficient (Wildman–Crippen LogP) is 4.08. The van der Waals surface area contributed by atoms with E-state index in [9.17, 15) is 4.39 Å². The van der Waals surface area contributed by atoms with Crippen LogP contribution in [0.2, 0.25) is 5.02 Å². The maximum atomic E-state index is 13.2. The van der Waals surface area contributed by atoms with Crippen LogP contribution < -0.4 is 15.4 Å². The number of hydrogen-bond acceptors (Lipinski definition) is 3. The van der Waals surface area contributed by atoms with Gasteiger partial charge in [0.15, 0.2) is 5.11 Å². The number of anilines is 1. The Kier molecular flexibility index (Phi) is 6.99. The average Bonchev–Trinajstić information content (AvgIpc) is 2.58. The summed E-state index contributed by atoms with van der Waals surface area (Å²) in [6, 6.07) is 12.4. The number of halogens is 2. The molecule has 0 aliphatic carbocycles. The molecule has 0 saturated heterocycles. The van der Waals surface area contributed by atoms with Gasteiger partial charge in [0.2, 0.25) is 0 Å². The van der Waals surface area contributed by atoms with Crippen LogP contribution in [0.5, 0.6) is 5.75 Å². The standard InChI is InChI=1S/C18H21ClFN3OS/c1-23(2)17(12-4-7-14(24-3)8-5-12)11-21-18(25)22-13-6-9-16(20)15(19)10-13/h4-10,17H,11H2,1-3H3,(H2,21,22,25)/t17-/m1/s1. The number of nitrogens with zero attached hydrogens (tertiary/aromatic N) is 1. The molecule has 0 saturated carbocycles. The monoisotopic (exact) mass is 381 g/mol. The van der Waals surface area contributed by atoms with Gasteiger partial charge in [-0.2, -0.15) is 0 Å². The fourth-order valence-corrected chi connectivity index (χ4v) is 2.74. The van der Waals surface area contributed by atoms with Crippen molar-refractivity contribution in [2.24, 2.45) is 0 Å². The van der Waals surface area contributed by atoms with E-state index in [1.165, 1.54) is 12.1 Å². The van der Waals surface area contributed by atoms with Gasteiger partial charge in [0.05, 0.1) is 18.2 Å². The van der Waals surface area contributed by atoms with Gasteiger partial charge in [-0.3, -0.25) is 0 Å². The van der Waals surface area contributed by atoms with Crippen molar-refractivity contribution in [3.05, 3.63) is 58.9 Å². The Morgan fingerprint density at radius 1 is 1.24 bits per heavy atom. The molecule has 0 fully saturated rings. The highest BCUT2D eigenvalue weighted by Gasteiger charge is 2.14. The smallest absolute Gasteiger partial charge is 0.170 e. The number of thiocarbonyl (C=S) groups is 1. The molecule has 0 heterocycles. The summed E-state index contributed by atoms with van der Waals surface area (Å²) in [5.74, 6) is 0.359. The minimum absolute atomic E-state index is 0.0530. The molecule has 0 amide bonds. The van der Waals surface area contributed by atoms with Crippen molar-refractivity contribution in [1.29, 1.82) is 0 Å². The van der Waals surface area contributed by atoms with Gasteiger partial charge in [-0.15, -0.1) is 0 Å². The summed E-state index contributed by atoms with van der Waals surface area (Å²) in [6.45, 7) is 0.611. The van der Waals surface area contributed by atoms with Gasteiger partial charge >= 0.3 is 0 Å². The highest BCUT2D eigenvalue weighted by atomic mass is 35.5. The lowest BCUT2D eigenvalue weighted by molar-refractivity contribution is 0.299. The maximum Gasteiger partial charge on any atom is 0.170 e. The number of nitrogens with one attached hydrogen (secondary N) is 2. The molecule has 4 nitrogen and oxygen atoms in total. The first kappa shape index (κ1) is 19.4. The highest BCUT2D eigenvalue weighted by Crippen LogP contribution is 2.21. The van der Waals surface area contributed by atoms with Crippen LogP contribution in [0.1, 0.15) is 11.6 Å². The van der Waals surface area contributed by atoms with Crippen molar-refractivity contribution >= 4 is 34.6 Å². The number of rotatable bonds is 6. The minimum atomic E-state index is -0.460. The Balaban J connectivity index is 1.97. The maximum absolute atomic E-state index is 13.2. The molecule has 0 unspecified atom stereocenters. The van der Waals surface area contributed by atoms with Gasteiger partial charge in [-0.1, -0.05) is 23.7 Å². The normalized spacial score (nSPS) is 11.9. The first-order valence-corrected chi connectivity index (χ1v) is 8.49. The van der Waals surface area contributed by atoms with Crippen molar-refractivity contribution < 1.29 is 9.13 Å². The third-order valence-electron chi connectivity index (χ3n) is 3.76. The van der Waals surface area contributed by atoms with Gasteiger partial charge in [-0.25, -0.2) is 4.39 Å². The van der Waals surface area contributed by atoms with Crippen LogP contribution in [-0.2, 0) is 0 Å². The fourth-order valence-electron chi connectivity index (χ4n) is 2.36. The van der Waals surface area contributed by atoms with Gasteiger partial charge < -0.3 is 20.3 Å². The van der Waals surface area contributed by atoms with E-state index in [1.54, 1.807) is 13.2 Å². The molecule has 0 bridgehead atoms. The third kappa shape index (κ3) is 5.56. The van der Waals surface area contributed by atoms with Gasteiger partial charge in [0, 0.05) is 12.2 Å². The zero-order valence-electron chi connectivity index (χ0n) is 14.3. The topological polar surface area (TPSA) is 36.5 Å². The minimum Gasteiger partial charge on any atom is -0.497 e. The van der Waals surface area contributed by atoms with Crippen molar-refractivity contribution in [1.82, 2.24) is 10.2 Å². The number of ether oxygens (including phenoxy) is 1. The lowest BCUT2D eigenvalue weighted by atomic mass is 10.1. The van der Waals surface area contributed by atoms with Crippen molar-refractivity contribution in [3.63, 3.8) is 0 Å². The van der Waals surface area contributed by atoms with Gasteiger partial charge in [0.1, 0.15) is 11.6 Å². The molecule has 25 heavy (non-hydrogen) atoms. The van der Waals surface area contributed by atoms with E-state index in [2.05, 4.69) is 15.5 Å². The van der Waals surface area contributed by atoms with Crippen molar-refractivity contribution in [2.75, 3.05) is 33.1 Å². The number of benzene rings is 2. The molecule has 7 heteroatoms. The van der Waals surface area contributed by atoms with E-state index in [1.807, 2.05) is 38.4 Å². The SMILES string of the molecule is COc1ccc([C@@H](CNC(=S)Nc2ccc(F)c(Cl)c2)N(C)C)cc1. The van der Waals surface area contributed by atoms with E-state index in [0.29, 0.717) is 17.3 Å². The van der Waals surface area contributed by atoms with Crippen LogP contribution in [-0.4, -0.2) is 37.8 Å². The zero-order valence-corrected chi connectivity index (χ0v) is 15.9. The third-order valence-corrected chi connectivity index (χ3v) is 4.29. The first-order valence-electron chi connectivity index (χ1n) is 7.71. The number of methoxy groups -OCH3 is 1. The van der Waals surface area contributed by atoms with E-state index < -0.39 is 5.82 Å². The van der Waals surface area contributed by atoms with E-state index in [0.717, 1.165) is 11.3 Å². The summed E-state index contributed by atoms with van der Waals surface area (Å²) >= 11 is 11.1. The quantitative estimate of drug-likeness (QED) is 0.737. The lowest BCUT2D eigenvalue weighted by Crippen LogP contribution is -2.36. The van der Waals surface area contributed by atoms with Crippen LogP contribution in [0.15, 0.2) is 42.5 Å². The second-order valence-electron chi connectivity index (χ2n) is 5.72. The predicted molar refractivity (Wildman–Crippen MR) is 105 cm³/mol. The Morgan fingerprint density at radius 3 is 2.48 bits per heavy atom. The Labute approximate surface area is 157 Å². The van der Waals surface area contributed by atoms with E-state index >= 15 is 0 Å². The van der Waals surface area contributed by atoms with E-state index in [-0.39, 0.29) is 11.1 Å². The Hall–Kier alpha value is -1.89. The molecule has 0 aromatic heterocycles. The van der Waals surface area contributed by atoms with Crippen LogP contribution in [0.4, 0.5) is 10.1 Å². The first-order chi connectivity index (χ1) is 11.9. The molecule has 0 spiro atoms. The Bertz CT molecular complexity index is 725. The summed E-state index contributed by atoms with van der Waals surface area (Å²) in [7, 11) is 5.66. The molecule has 1 atom stereocenters. The molecule has 2 aromatic rings. The molecule has 134 valence electrons. The second-order valence-corrected chi connectivity index (χ2v) is 6.53. The molecule has 2 N–H and O–H groups in total. The molecular weight excluding hydrogens is 361 g/mol. The summed E-state index contributed by atoms with van der Waals surface area (Å²) in [5.41, 5.74) is 1.78. The average molecular weight is 382 g/mol. The van der Waals surface area contributed by atoms with Crippen molar-refractivity contribution in [2.45, 2.75) is 6.04 Å². The Morgan fingerprint density at radius 2 is 1.92 bits per heavy atom. The molecule has 0 radical (unpaired) electrons. The molecule has 0 aliphatic rings. The summed E-state index contributed by atoms with van der Waals surface area (Å²) in [4.78, 5) is 2.10. The molecular formula is C18H21ClFN3OS. The van der Waals surface area contributed by atoms with Gasteiger partial charge in [-0.05, 0) is 62.2 Å².